The number of ether oxygens (including phenoxy) is 4. The van der Waals surface area contributed by atoms with Gasteiger partial charge in [-0.15, -0.1) is 0 Å². The summed E-state index contributed by atoms with van der Waals surface area (Å²) in [6.45, 7) is 3.70. The number of hydrogen-bond donors (Lipinski definition) is 1. The van der Waals surface area contributed by atoms with Crippen LogP contribution in [-0.2, 0) is 18.9 Å². The van der Waals surface area contributed by atoms with Crippen molar-refractivity contribution in [2.75, 3.05) is 13.2 Å². The average molecular weight is 431 g/mol. The number of dihydropyridines is 1. The van der Waals surface area contributed by atoms with Crippen LogP contribution in [0, 0.1) is 17.7 Å². The molecule has 1 aliphatic heterocycles. The standard InChI is InChI=1S/C23H26FNO6/c1-3-28-22(26)30-20-17(13-9-11-16(24)12-10-13)21(31-23(27)29-4-2)19(15-7-8-15)25-18(20)14-5-6-14/h9-12,14-15,17,25H,3-8H2,1-2H3. The molecule has 0 amide bonds. The molecule has 2 saturated carbocycles. The topological polar surface area (TPSA) is 83.1 Å². The van der Waals surface area contributed by atoms with Crippen LogP contribution in [0.25, 0.3) is 0 Å². The van der Waals surface area contributed by atoms with E-state index in [1.807, 2.05) is 0 Å². The van der Waals surface area contributed by atoms with Crippen LogP contribution in [0.15, 0.2) is 47.2 Å². The summed E-state index contributed by atoms with van der Waals surface area (Å²) >= 11 is 0. The van der Waals surface area contributed by atoms with Gasteiger partial charge in [0.25, 0.3) is 0 Å². The first-order valence-corrected chi connectivity index (χ1v) is 10.7. The van der Waals surface area contributed by atoms with E-state index >= 15 is 0 Å². The molecule has 1 heterocycles. The zero-order valence-corrected chi connectivity index (χ0v) is 17.6. The molecule has 0 spiro atoms. The maximum absolute atomic E-state index is 13.7. The first-order valence-electron chi connectivity index (χ1n) is 10.7. The summed E-state index contributed by atoms with van der Waals surface area (Å²) in [6, 6.07) is 5.86. The summed E-state index contributed by atoms with van der Waals surface area (Å²) in [5.41, 5.74) is 2.22. The third-order valence-corrected chi connectivity index (χ3v) is 5.41. The van der Waals surface area contributed by atoms with Crippen molar-refractivity contribution in [3.05, 3.63) is 58.6 Å². The van der Waals surface area contributed by atoms with Crippen molar-refractivity contribution in [3.8, 4) is 0 Å². The van der Waals surface area contributed by atoms with Crippen LogP contribution in [0.4, 0.5) is 14.0 Å². The first kappa shape index (κ1) is 21.2. The monoisotopic (exact) mass is 431 g/mol. The molecule has 31 heavy (non-hydrogen) atoms. The second-order valence-corrected chi connectivity index (χ2v) is 7.78. The quantitative estimate of drug-likeness (QED) is 0.601. The highest BCUT2D eigenvalue weighted by Gasteiger charge is 2.45. The summed E-state index contributed by atoms with van der Waals surface area (Å²) in [5.74, 6) is -0.0406. The van der Waals surface area contributed by atoms with Gasteiger partial charge in [-0.25, -0.2) is 14.0 Å². The highest BCUT2D eigenvalue weighted by molar-refractivity contribution is 5.65. The maximum Gasteiger partial charge on any atom is 0.513 e. The fraction of sp³-hybridized carbons (Fsp3) is 0.478. The molecule has 4 rings (SSSR count). The minimum absolute atomic E-state index is 0.162. The third kappa shape index (κ3) is 4.84. The molecule has 0 saturated heterocycles. The Morgan fingerprint density at radius 2 is 1.32 bits per heavy atom. The number of hydrogen-bond acceptors (Lipinski definition) is 7. The van der Waals surface area contributed by atoms with Crippen LogP contribution in [-0.4, -0.2) is 25.5 Å². The van der Waals surface area contributed by atoms with Gasteiger partial charge in [-0.05, 0) is 57.2 Å². The average Bonchev–Trinajstić information content (AvgIpc) is 3.62. The van der Waals surface area contributed by atoms with Crippen molar-refractivity contribution in [2.24, 2.45) is 11.8 Å². The molecule has 0 radical (unpaired) electrons. The SMILES string of the molecule is CCOC(=O)OC1=C(C2CC2)NC(C2CC2)=C(OC(=O)OCC)C1c1ccc(F)cc1. The summed E-state index contributed by atoms with van der Waals surface area (Å²) < 4.78 is 35.0. The van der Waals surface area contributed by atoms with Crippen molar-refractivity contribution in [3.63, 3.8) is 0 Å². The Labute approximate surface area is 180 Å². The molecule has 1 N–H and O–H groups in total. The molecule has 0 bridgehead atoms. The minimum Gasteiger partial charge on any atom is -0.434 e. The predicted octanol–water partition coefficient (Wildman–Crippen LogP) is 5.10. The van der Waals surface area contributed by atoms with Gasteiger partial charge in [-0.2, -0.15) is 0 Å². The lowest BCUT2D eigenvalue weighted by Gasteiger charge is -2.32. The van der Waals surface area contributed by atoms with Gasteiger partial charge in [-0.3, -0.25) is 0 Å². The summed E-state index contributed by atoms with van der Waals surface area (Å²) in [6.07, 6.45) is 2.16. The molecule has 8 heteroatoms. The van der Waals surface area contributed by atoms with Crippen LogP contribution in [0.2, 0.25) is 0 Å². The zero-order valence-electron chi connectivity index (χ0n) is 17.6. The number of allylic oxidation sites excluding steroid dienone is 2. The number of nitrogens with one attached hydrogen (secondary N) is 1. The molecule has 166 valence electrons. The Bertz CT molecular complexity index is 862. The predicted molar refractivity (Wildman–Crippen MR) is 108 cm³/mol. The molecule has 3 aliphatic rings. The number of carbonyl (C=O) groups is 2. The van der Waals surface area contributed by atoms with Gasteiger partial charge < -0.3 is 24.3 Å². The second-order valence-electron chi connectivity index (χ2n) is 7.78. The van der Waals surface area contributed by atoms with E-state index in [4.69, 9.17) is 18.9 Å². The molecular formula is C23H26FNO6. The van der Waals surface area contributed by atoms with E-state index in [-0.39, 0.29) is 25.0 Å². The van der Waals surface area contributed by atoms with E-state index in [1.54, 1.807) is 26.0 Å². The van der Waals surface area contributed by atoms with Gasteiger partial charge in [0.1, 0.15) is 23.3 Å². The summed E-state index contributed by atoms with van der Waals surface area (Å²) in [5, 5.41) is 3.40. The fourth-order valence-corrected chi connectivity index (χ4v) is 3.71. The number of carbonyl (C=O) groups excluding carboxylic acids is 2. The Hall–Kier alpha value is -3.03. The third-order valence-electron chi connectivity index (χ3n) is 5.41. The molecule has 0 unspecified atom stereocenters. The molecule has 2 aliphatic carbocycles. The summed E-state index contributed by atoms with van der Waals surface area (Å²) in [7, 11) is 0. The van der Waals surface area contributed by atoms with Crippen molar-refractivity contribution >= 4 is 12.3 Å². The molecule has 2 fully saturated rings. The van der Waals surface area contributed by atoms with Crippen LogP contribution in [0.1, 0.15) is 51.0 Å². The van der Waals surface area contributed by atoms with E-state index < -0.39 is 24.0 Å². The Morgan fingerprint density at radius 3 is 1.71 bits per heavy atom. The lowest BCUT2D eigenvalue weighted by molar-refractivity contribution is 0.0641. The van der Waals surface area contributed by atoms with Crippen molar-refractivity contribution in [1.82, 2.24) is 5.32 Å². The van der Waals surface area contributed by atoms with E-state index in [1.165, 1.54) is 12.1 Å². The van der Waals surface area contributed by atoms with E-state index in [2.05, 4.69) is 5.32 Å². The van der Waals surface area contributed by atoms with Gasteiger partial charge in [0.05, 0.1) is 24.6 Å². The van der Waals surface area contributed by atoms with Crippen LogP contribution in [0.5, 0.6) is 0 Å². The maximum atomic E-state index is 13.7. The Balaban J connectivity index is 1.81. The second kappa shape index (κ2) is 8.99. The van der Waals surface area contributed by atoms with Gasteiger partial charge in [0.2, 0.25) is 0 Å². The van der Waals surface area contributed by atoms with Gasteiger partial charge in [0.15, 0.2) is 0 Å². The normalized spacial score (nSPS) is 19.1. The van der Waals surface area contributed by atoms with Crippen molar-refractivity contribution < 1.29 is 32.9 Å². The molecule has 1 aromatic carbocycles. The molecule has 1 aromatic rings. The smallest absolute Gasteiger partial charge is 0.434 e. The van der Waals surface area contributed by atoms with Gasteiger partial charge in [0, 0.05) is 11.8 Å². The highest BCUT2D eigenvalue weighted by atomic mass is 19.1. The van der Waals surface area contributed by atoms with Crippen molar-refractivity contribution in [2.45, 2.75) is 45.4 Å². The molecular weight excluding hydrogens is 405 g/mol. The number of rotatable bonds is 7. The lowest BCUT2D eigenvalue weighted by Crippen LogP contribution is -2.32. The highest BCUT2D eigenvalue weighted by Crippen LogP contribution is 2.50. The van der Waals surface area contributed by atoms with Gasteiger partial charge >= 0.3 is 12.3 Å². The zero-order chi connectivity index (χ0) is 22.0. The van der Waals surface area contributed by atoms with Gasteiger partial charge in [-0.1, -0.05) is 12.1 Å². The van der Waals surface area contributed by atoms with Crippen LogP contribution in [0.3, 0.4) is 0 Å². The van der Waals surface area contributed by atoms with Crippen LogP contribution >= 0.6 is 0 Å². The Kier molecular flexibility index (Phi) is 6.15. The number of benzene rings is 1. The van der Waals surface area contributed by atoms with E-state index in [0.29, 0.717) is 17.1 Å². The summed E-state index contributed by atoms with van der Waals surface area (Å²) in [4.78, 5) is 24.6. The molecule has 7 nitrogen and oxygen atoms in total. The number of halogens is 1. The molecule has 0 aromatic heterocycles. The Morgan fingerprint density at radius 1 is 0.871 bits per heavy atom. The minimum atomic E-state index is -0.838. The van der Waals surface area contributed by atoms with E-state index in [9.17, 15) is 14.0 Å². The van der Waals surface area contributed by atoms with E-state index in [0.717, 1.165) is 37.1 Å². The van der Waals surface area contributed by atoms with Crippen molar-refractivity contribution in [1.29, 1.82) is 0 Å². The first-order chi connectivity index (χ1) is 15.0. The lowest BCUT2D eigenvalue weighted by atomic mass is 9.88. The fourth-order valence-electron chi connectivity index (χ4n) is 3.71. The largest absolute Gasteiger partial charge is 0.513 e. The van der Waals surface area contributed by atoms with Crippen LogP contribution < -0.4 is 5.32 Å². The molecule has 0 atom stereocenters.